The fourth-order valence-electron chi connectivity index (χ4n) is 2.42. The molecule has 0 bridgehead atoms. The van der Waals surface area contributed by atoms with Crippen LogP contribution in [0.3, 0.4) is 0 Å². The minimum absolute atomic E-state index is 0.327. The second kappa shape index (κ2) is 5.22. The van der Waals surface area contributed by atoms with E-state index in [1.54, 1.807) is 12.1 Å². The minimum Gasteiger partial charge on any atom is -0.320 e. The maximum absolute atomic E-state index is 13.8. The number of benzene rings is 3. The molecule has 2 N–H and O–H groups in total. The van der Waals surface area contributed by atoms with Crippen LogP contribution in [0, 0.1) is 17.5 Å². The lowest BCUT2D eigenvalue weighted by Crippen LogP contribution is -2.16. The first-order valence-corrected chi connectivity index (χ1v) is 6.45. The molecule has 1 atom stereocenters. The third-order valence-electron chi connectivity index (χ3n) is 3.49. The molecule has 4 heteroatoms. The maximum atomic E-state index is 13.8. The summed E-state index contributed by atoms with van der Waals surface area (Å²) in [6.07, 6.45) is 0. The normalized spacial score (nSPS) is 12.6. The standard InChI is InChI=1S/C17H12F3N/c18-13-8-14(19)16(15(20)9-13)17(21)12-6-5-10-3-1-2-4-11(10)7-12/h1-9,17H,21H2. The highest BCUT2D eigenvalue weighted by atomic mass is 19.1. The van der Waals surface area contributed by atoms with E-state index in [1.807, 2.05) is 30.3 Å². The zero-order chi connectivity index (χ0) is 15.0. The predicted octanol–water partition coefficient (Wildman–Crippen LogP) is 4.31. The summed E-state index contributed by atoms with van der Waals surface area (Å²) in [5, 5.41) is 1.93. The fourth-order valence-corrected chi connectivity index (χ4v) is 2.42. The van der Waals surface area contributed by atoms with E-state index < -0.39 is 23.5 Å². The summed E-state index contributed by atoms with van der Waals surface area (Å²) in [6, 6.07) is 13.2. The summed E-state index contributed by atoms with van der Waals surface area (Å²) in [5.74, 6) is -2.92. The van der Waals surface area contributed by atoms with E-state index in [0.29, 0.717) is 17.7 Å². The van der Waals surface area contributed by atoms with E-state index in [0.717, 1.165) is 10.8 Å². The minimum atomic E-state index is -0.991. The number of halogens is 3. The molecule has 1 nitrogen and oxygen atoms in total. The summed E-state index contributed by atoms with van der Waals surface area (Å²) in [6.45, 7) is 0. The van der Waals surface area contributed by atoms with Crippen LogP contribution in [0.1, 0.15) is 17.2 Å². The Morgan fingerprint density at radius 2 is 1.38 bits per heavy atom. The van der Waals surface area contributed by atoms with Gasteiger partial charge in [-0.25, -0.2) is 13.2 Å². The van der Waals surface area contributed by atoms with E-state index in [-0.39, 0.29) is 5.56 Å². The first-order chi connectivity index (χ1) is 10.1. The van der Waals surface area contributed by atoms with Gasteiger partial charge in [0.2, 0.25) is 0 Å². The molecule has 0 aliphatic rings. The maximum Gasteiger partial charge on any atom is 0.134 e. The Hall–Kier alpha value is -2.33. The molecule has 3 aromatic carbocycles. The van der Waals surface area contributed by atoms with E-state index in [4.69, 9.17) is 5.73 Å². The van der Waals surface area contributed by atoms with Crippen molar-refractivity contribution in [2.45, 2.75) is 6.04 Å². The highest BCUT2D eigenvalue weighted by Crippen LogP contribution is 2.28. The number of hydrogen-bond donors (Lipinski definition) is 1. The molecule has 21 heavy (non-hydrogen) atoms. The third-order valence-corrected chi connectivity index (χ3v) is 3.49. The van der Waals surface area contributed by atoms with Gasteiger partial charge in [0.1, 0.15) is 17.5 Å². The Morgan fingerprint density at radius 1 is 0.762 bits per heavy atom. The van der Waals surface area contributed by atoms with Gasteiger partial charge in [-0.3, -0.25) is 0 Å². The smallest absolute Gasteiger partial charge is 0.134 e. The van der Waals surface area contributed by atoms with Gasteiger partial charge in [-0.15, -0.1) is 0 Å². The molecule has 1 unspecified atom stereocenters. The van der Waals surface area contributed by atoms with Crippen LogP contribution in [-0.4, -0.2) is 0 Å². The van der Waals surface area contributed by atoms with Crippen LogP contribution >= 0.6 is 0 Å². The van der Waals surface area contributed by atoms with Crippen molar-refractivity contribution in [2.75, 3.05) is 0 Å². The van der Waals surface area contributed by atoms with Crippen LogP contribution in [0.15, 0.2) is 54.6 Å². The quantitative estimate of drug-likeness (QED) is 0.747. The molecule has 0 heterocycles. The van der Waals surface area contributed by atoms with Crippen molar-refractivity contribution in [1.29, 1.82) is 0 Å². The Bertz CT molecular complexity index is 791. The average Bonchev–Trinajstić information content (AvgIpc) is 2.45. The van der Waals surface area contributed by atoms with Gasteiger partial charge in [-0.2, -0.15) is 0 Å². The second-order valence-electron chi connectivity index (χ2n) is 4.87. The van der Waals surface area contributed by atoms with Crippen LogP contribution in [0.4, 0.5) is 13.2 Å². The van der Waals surface area contributed by atoms with E-state index in [2.05, 4.69) is 0 Å². The van der Waals surface area contributed by atoms with Crippen molar-refractivity contribution in [1.82, 2.24) is 0 Å². The fraction of sp³-hybridized carbons (Fsp3) is 0.0588. The summed E-state index contributed by atoms with van der Waals surface area (Å²) in [5.41, 5.74) is 6.20. The largest absolute Gasteiger partial charge is 0.320 e. The van der Waals surface area contributed by atoms with Gasteiger partial charge in [-0.05, 0) is 22.4 Å². The summed E-state index contributed by atoms with van der Waals surface area (Å²) in [7, 11) is 0. The van der Waals surface area contributed by atoms with Crippen molar-refractivity contribution in [2.24, 2.45) is 5.73 Å². The van der Waals surface area contributed by atoms with Crippen LogP contribution in [0.2, 0.25) is 0 Å². The molecular formula is C17H12F3N. The zero-order valence-electron chi connectivity index (χ0n) is 11.0. The molecule has 0 aliphatic carbocycles. The van der Waals surface area contributed by atoms with E-state index in [9.17, 15) is 13.2 Å². The lowest BCUT2D eigenvalue weighted by Gasteiger charge is -2.15. The Balaban J connectivity index is 2.10. The predicted molar refractivity (Wildman–Crippen MR) is 76.3 cm³/mol. The molecule has 0 radical (unpaired) electrons. The topological polar surface area (TPSA) is 26.0 Å². The van der Waals surface area contributed by atoms with Gasteiger partial charge in [0.25, 0.3) is 0 Å². The Morgan fingerprint density at radius 3 is 2.05 bits per heavy atom. The summed E-state index contributed by atoms with van der Waals surface area (Å²) < 4.78 is 40.6. The van der Waals surface area contributed by atoms with Crippen molar-refractivity contribution in [3.8, 4) is 0 Å². The number of fused-ring (bicyclic) bond motifs is 1. The molecule has 0 amide bonds. The van der Waals surface area contributed by atoms with Gasteiger partial charge in [-0.1, -0.05) is 36.4 Å². The SMILES string of the molecule is NC(c1ccc2ccccc2c1)c1c(F)cc(F)cc1F. The third kappa shape index (κ3) is 2.50. The monoisotopic (exact) mass is 287 g/mol. The Labute approximate surface area is 119 Å². The highest BCUT2D eigenvalue weighted by Gasteiger charge is 2.20. The number of rotatable bonds is 2. The highest BCUT2D eigenvalue weighted by molar-refractivity contribution is 5.83. The molecule has 0 aliphatic heterocycles. The second-order valence-corrected chi connectivity index (χ2v) is 4.87. The first-order valence-electron chi connectivity index (χ1n) is 6.45. The molecule has 0 saturated heterocycles. The van der Waals surface area contributed by atoms with E-state index >= 15 is 0 Å². The van der Waals surface area contributed by atoms with Crippen molar-refractivity contribution < 1.29 is 13.2 Å². The lowest BCUT2D eigenvalue weighted by molar-refractivity contribution is 0.515. The van der Waals surface area contributed by atoms with Gasteiger partial charge in [0.05, 0.1) is 6.04 Å². The van der Waals surface area contributed by atoms with Gasteiger partial charge in [0, 0.05) is 17.7 Å². The van der Waals surface area contributed by atoms with Crippen molar-refractivity contribution >= 4 is 10.8 Å². The van der Waals surface area contributed by atoms with Crippen LogP contribution in [0.5, 0.6) is 0 Å². The average molecular weight is 287 g/mol. The number of hydrogen-bond acceptors (Lipinski definition) is 1. The van der Waals surface area contributed by atoms with Crippen molar-refractivity contribution in [3.63, 3.8) is 0 Å². The molecular weight excluding hydrogens is 275 g/mol. The van der Waals surface area contributed by atoms with Crippen molar-refractivity contribution in [3.05, 3.63) is 83.2 Å². The Kier molecular flexibility index (Phi) is 3.39. The van der Waals surface area contributed by atoms with Crippen LogP contribution in [0.25, 0.3) is 10.8 Å². The van der Waals surface area contributed by atoms with Gasteiger partial charge < -0.3 is 5.73 Å². The van der Waals surface area contributed by atoms with E-state index in [1.165, 1.54) is 0 Å². The zero-order valence-corrected chi connectivity index (χ0v) is 11.0. The first kappa shape index (κ1) is 13.6. The molecule has 0 saturated carbocycles. The van der Waals surface area contributed by atoms with Gasteiger partial charge >= 0.3 is 0 Å². The molecule has 0 aromatic heterocycles. The van der Waals surface area contributed by atoms with Crippen LogP contribution in [-0.2, 0) is 0 Å². The molecule has 0 spiro atoms. The van der Waals surface area contributed by atoms with Gasteiger partial charge in [0.15, 0.2) is 0 Å². The molecule has 3 rings (SSSR count). The lowest BCUT2D eigenvalue weighted by atomic mass is 9.96. The summed E-state index contributed by atoms with van der Waals surface area (Å²) >= 11 is 0. The number of nitrogens with two attached hydrogens (primary N) is 1. The molecule has 3 aromatic rings. The molecule has 106 valence electrons. The van der Waals surface area contributed by atoms with Crippen LogP contribution < -0.4 is 5.73 Å². The molecule has 0 fully saturated rings. The summed E-state index contributed by atoms with van der Waals surface area (Å²) in [4.78, 5) is 0.